The van der Waals surface area contributed by atoms with Gasteiger partial charge in [-0.1, -0.05) is 20.8 Å². The number of nitrogens with one attached hydrogen (secondary N) is 1. The van der Waals surface area contributed by atoms with Gasteiger partial charge in [-0.25, -0.2) is 4.98 Å². The maximum absolute atomic E-state index is 13.4. The Morgan fingerprint density at radius 2 is 1.60 bits per heavy atom. The number of nitrogens with zero attached hydrogens (tertiary/aromatic N) is 1. The molecule has 35 heavy (non-hydrogen) atoms. The molecule has 0 radical (unpaired) electrons. The van der Waals surface area contributed by atoms with Crippen molar-refractivity contribution in [3.8, 4) is 17.2 Å². The molecule has 2 rings (SSSR count). The highest BCUT2D eigenvalue weighted by molar-refractivity contribution is 9.10. The zero-order valence-corrected chi connectivity index (χ0v) is 24.2. The topological polar surface area (TPSA) is 96.0 Å². The average Bonchev–Trinajstić information content (AvgIpc) is 2.81. The number of ketones is 1. The third-order valence-electron chi connectivity index (χ3n) is 6.23. The second-order valence-electron chi connectivity index (χ2n) is 9.55. The second-order valence-corrected chi connectivity index (χ2v) is 15.1. The lowest BCUT2D eigenvalue weighted by Gasteiger charge is -2.36. The van der Waals surface area contributed by atoms with Crippen molar-refractivity contribution in [2.75, 3.05) is 27.9 Å². The molecule has 0 spiro atoms. The minimum Gasteiger partial charge on any atom is -0.494 e. The third kappa shape index (κ3) is 7.28. The Balaban J connectivity index is 2.29. The number of rotatable bonds is 11. The maximum Gasteiger partial charge on any atom is 0.252 e. The smallest absolute Gasteiger partial charge is 0.252 e. The minimum atomic E-state index is -2.03. The molecule has 0 aliphatic carbocycles. The largest absolute Gasteiger partial charge is 0.494 e. The van der Waals surface area contributed by atoms with E-state index < -0.39 is 20.3 Å². The lowest BCUT2D eigenvalue weighted by molar-refractivity contribution is 0.0838. The predicted octanol–water partition coefficient (Wildman–Crippen LogP) is 5.26. The summed E-state index contributed by atoms with van der Waals surface area (Å²) in [6.07, 6.45) is 0.301. The average molecular weight is 568 g/mol. The van der Waals surface area contributed by atoms with E-state index in [-0.39, 0.29) is 16.5 Å². The standard InChI is InChI=1S/C25H35BrN2O6Si/c1-25(2,3)35(7,8)34-14-13-18(22(29)17-10-12-20(32-5)23(26)27-17)28-24(30)16-9-11-19(31-4)21(15-16)33-6/h9-12,15,18H,13-14H2,1-8H3,(H,28,30). The molecule has 1 atom stereocenters. The maximum atomic E-state index is 13.4. The summed E-state index contributed by atoms with van der Waals surface area (Å²) in [7, 11) is 2.51. The molecule has 0 saturated carbocycles. The normalized spacial score (nSPS) is 12.6. The Hall–Kier alpha value is -2.43. The van der Waals surface area contributed by atoms with Crippen LogP contribution in [0.25, 0.3) is 0 Å². The highest BCUT2D eigenvalue weighted by atomic mass is 79.9. The molecule has 192 valence electrons. The number of halogens is 1. The monoisotopic (exact) mass is 566 g/mol. The summed E-state index contributed by atoms with van der Waals surface area (Å²) in [6, 6.07) is 7.23. The Bertz CT molecular complexity index is 1050. The van der Waals surface area contributed by atoms with Gasteiger partial charge in [0.05, 0.1) is 27.4 Å². The lowest BCUT2D eigenvalue weighted by Crippen LogP contribution is -2.45. The molecule has 2 aromatic rings. The molecule has 1 aromatic heterocycles. The number of pyridine rings is 1. The van der Waals surface area contributed by atoms with Crippen molar-refractivity contribution in [3.05, 3.63) is 46.2 Å². The molecule has 0 fully saturated rings. The van der Waals surface area contributed by atoms with Gasteiger partial charge in [-0.05, 0) is 70.8 Å². The Morgan fingerprint density at radius 1 is 1.00 bits per heavy atom. The van der Waals surface area contributed by atoms with E-state index >= 15 is 0 Å². The van der Waals surface area contributed by atoms with Crippen LogP contribution in [0.3, 0.4) is 0 Å². The van der Waals surface area contributed by atoms with E-state index in [0.717, 1.165) is 0 Å². The van der Waals surface area contributed by atoms with E-state index in [1.54, 1.807) is 30.3 Å². The van der Waals surface area contributed by atoms with Crippen LogP contribution in [0.15, 0.2) is 34.9 Å². The van der Waals surface area contributed by atoms with Crippen LogP contribution in [0.5, 0.6) is 17.2 Å². The molecule has 0 aliphatic heterocycles. The summed E-state index contributed by atoms with van der Waals surface area (Å²) in [5.74, 6) is 0.704. The summed E-state index contributed by atoms with van der Waals surface area (Å²) in [5, 5.41) is 2.88. The van der Waals surface area contributed by atoms with Gasteiger partial charge in [0, 0.05) is 12.2 Å². The van der Waals surface area contributed by atoms with Crippen molar-refractivity contribution < 1.29 is 28.2 Å². The molecular formula is C25H35BrN2O6Si. The Kier molecular flexibility index (Phi) is 9.88. The second kappa shape index (κ2) is 12.0. The number of methoxy groups -OCH3 is 3. The van der Waals surface area contributed by atoms with Gasteiger partial charge in [0.1, 0.15) is 10.3 Å². The molecule has 10 heteroatoms. The van der Waals surface area contributed by atoms with Crippen LogP contribution >= 0.6 is 15.9 Å². The molecule has 1 aromatic carbocycles. The minimum absolute atomic E-state index is 0.0256. The molecule has 1 N–H and O–H groups in total. The van der Waals surface area contributed by atoms with Gasteiger partial charge in [-0.3, -0.25) is 9.59 Å². The first-order valence-corrected chi connectivity index (χ1v) is 15.0. The van der Waals surface area contributed by atoms with Crippen molar-refractivity contribution in [2.45, 2.75) is 51.4 Å². The summed E-state index contributed by atoms with van der Waals surface area (Å²) in [4.78, 5) is 30.8. The molecule has 0 aliphatic rings. The van der Waals surface area contributed by atoms with Crippen LogP contribution in [0.1, 0.15) is 48.0 Å². The highest BCUT2D eigenvalue weighted by Gasteiger charge is 2.37. The molecular weight excluding hydrogens is 532 g/mol. The Labute approximate surface area is 217 Å². The van der Waals surface area contributed by atoms with Gasteiger partial charge in [0.15, 0.2) is 25.6 Å². The zero-order valence-electron chi connectivity index (χ0n) is 21.7. The first kappa shape index (κ1) is 28.8. The van der Waals surface area contributed by atoms with Gasteiger partial charge in [-0.2, -0.15) is 0 Å². The molecule has 1 heterocycles. The zero-order chi connectivity index (χ0) is 26.4. The van der Waals surface area contributed by atoms with Crippen LogP contribution in [-0.2, 0) is 4.43 Å². The van der Waals surface area contributed by atoms with Crippen LogP contribution in [0.2, 0.25) is 18.1 Å². The van der Waals surface area contributed by atoms with E-state index in [0.29, 0.717) is 40.4 Å². The van der Waals surface area contributed by atoms with Gasteiger partial charge >= 0.3 is 0 Å². The van der Waals surface area contributed by atoms with E-state index in [1.807, 2.05) is 0 Å². The number of benzene rings is 1. The fourth-order valence-electron chi connectivity index (χ4n) is 3.03. The summed E-state index contributed by atoms with van der Waals surface area (Å²) in [5.41, 5.74) is 0.553. The summed E-state index contributed by atoms with van der Waals surface area (Å²) < 4.78 is 22.4. The molecule has 0 saturated heterocycles. The van der Waals surface area contributed by atoms with Gasteiger partial charge in [0.25, 0.3) is 5.91 Å². The van der Waals surface area contributed by atoms with E-state index in [2.05, 4.69) is 60.1 Å². The van der Waals surface area contributed by atoms with Crippen LogP contribution in [0, 0.1) is 0 Å². The lowest BCUT2D eigenvalue weighted by atomic mass is 10.0. The molecule has 8 nitrogen and oxygen atoms in total. The fourth-order valence-corrected chi connectivity index (χ4v) is 4.57. The van der Waals surface area contributed by atoms with Crippen LogP contribution in [-0.4, -0.2) is 59.0 Å². The fraction of sp³-hybridized carbons (Fsp3) is 0.480. The van der Waals surface area contributed by atoms with E-state index in [1.165, 1.54) is 21.3 Å². The van der Waals surface area contributed by atoms with Gasteiger partial charge in [0.2, 0.25) is 5.78 Å². The number of carbonyl (C=O) groups is 2. The van der Waals surface area contributed by atoms with Crippen molar-refractivity contribution in [1.29, 1.82) is 0 Å². The highest BCUT2D eigenvalue weighted by Crippen LogP contribution is 2.36. The number of hydrogen-bond donors (Lipinski definition) is 1. The SMILES string of the molecule is COc1ccc(C(=O)NC(CCO[Si](C)(C)C(C)(C)C)C(=O)c2ccc(OC)c(Br)n2)cc1OC. The van der Waals surface area contributed by atoms with Crippen molar-refractivity contribution in [2.24, 2.45) is 0 Å². The first-order valence-electron chi connectivity index (χ1n) is 11.3. The van der Waals surface area contributed by atoms with Crippen LogP contribution < -0.4 is 19.5 Å². The number of aromatic nitrogens is 1. The van der Waals surface area contributed by atoms with Crippen molar-refractivity contribution >= 4 is 35.9 Å². The molecule has 0 bridgehead atoms. The predicted molar refractivity (Wildman–Crippen MR) is 141 cm³/mol. The van der Waals surface area contributed by atoms with E-state index in [4.69, 9.17) is 18.6 Å². The van der Waals surface area contributed by atoms with E-state index in [9.17, 15) is 9.59 Å². The number of carbonyl (C=O) groups excluding carboxylic acids is 2. The number of amides is 1. The molecule has 1 unspecified atom stereocenters. The summed E-state index contributed by atoms with van der Waals surface area (Å²) in [6.45, 7) is 11.1. The number of ether oxygens (including phenoxy) is 3. The van der Waals surface area contributed by atoms with Gasteiger partial charge in [-0.15, -0.1) is 0 Å². The number of Topliss-reactive ketones (excluding diaryl/α,β-unsaturated/α-hetero) is 1. The summed E-state index contributed by atoms with van der Waals surface area (Å²) >= 11 is 3.32. The first-order chi connectivity index (χ1) is 16.3. The van der Waals surface area contributed by atoms with Crippen molar-refractivity contribution in [1.82, 2.24) is 10.3 Å². The molecule has 1 amide bonds. The third-order valence-corrected chi connectivity index (χ3v) is 11.3. The van der Waals surface area contributed by atoms with Crippen LogP contribution in [0.4, 0.5) is 0 Å². The number of hydrogen-bond acceptors (Lipinski definition) is 7. The van der Waals surface area contributed by atoms with Crippen molar-refractivity contribution in [3.63, 3.8) is 0 Å². The quantitative estimate of drug-likeness (QED) is 0.225. The Morgan fingerprint density at radius 3 is 2.14 bits per heavy atom. The van der Waals surface area contributed by atoms with Gasteiger partial charge < -0.3 is 24.0 Å².